The van der Waals surface area contributed by atoms with Gasteiger partial charge in [0.2, 0.25) is 0 Å². The van der Waals surface area contributed by atoms with Gasteiger partial charge >= 0.3 is 0 Å². The molecule has 0 bridgehead atoms. The highest BCUT2D eigenvalue weighted by Gasteiger charge is 2.53. The average Bonchev–Trinajstić information content (AvgIpc) is 3.33. The maximum atomic E-state index is 2.42. The van der Waals surface area contributed by atoms with Crippen molar-refractivity contribution in [1.82, 2.24) is 0 Å². The molecule has 0 fully saturated rings. The van der Waals surface area contributed by atoms with Gasteiger partial charge in [0.1, 0.15) is 0 Å². The van der Waals surface area contributed by atoms with Gasteiger partial charge in [0.25, 0.3) is 0 Å². The summed E-state index contributed by atoms with van der Waals surface area (Å²) in [7, 11) is 0. The highest BCUT2D eigenvalue weighted by Crippen LogP contribution is 2.63. The average molecular weight is 526 g/mol. The molecule has 0 amide bonds. The van der Waals surface area contributed by atoms with Crippen LogP contribution in [-0.2, 0) is 10.8 Å². The van der Waals surface area contributed by atoms with Crippen LogP contribution in [0, 0.1) is 0 Å². The zero-order valence-corrected chi connectivity index (χ0v) is 23.4. The normalized spacial score (nSPS) is 15.0. The minimum atomic E-state index is -0.399. The van der Waals surface area contributed by atoms with Crippen LogP contribution in [-0.4, -0.2) is 0 Å². The smallest absolute Gasteiger partial charge is 0.0720 e. The number of rotatable bonds is 3. The minimum absolute atomic E-state index is 0.103. The van der Waals surface area contributed by atoms with E-state index in [1.165, 1.54) is 50.2 Å². The lowest BCUT2D eigenvalue weighted by atomic mass is 9.55. The summed E-state index contributed by atoms with van der Waals surface area (Å²) in [6, 6.07) is 55.8. The van der Waals surface area contributed by atoms with E-state index in [0.29, 0.717) is 0 Å². The number of hydrogen-bond acceptors (Lipinski definition) is 1. The monoisotopic (exact) mass is 525 g/mol. The molecule has 0 saturated carbocycles. The molecule has 0 aliphatic heterocycles. The van der Waals surface area contributed by atoms with E-state index in [9.17, 15) is 0 Å². The second-order valence-corrected chi connectivity index (χ2v) is 11.7. The molecule has 0 N–H and O–H groups in total. The fraction of sp³-hybridized carbons (Fsp3) is 0.100. The SMILES string of the molecule is CC1(C)c2ccccc2C2(c3ccccc3-c3c(N(c4ccccc4)c4ccccc4)cccc32)c2ccccc21. The first-order chi connectivity index (χ1) is 20.1. The van der Waals surface area contributed by atoms with E-state index in [2.05, 4.69) is 170 Å². The van der Waals surface area contributed by atoms with Crippen LogP contribution in [0.1, 0.15) is 47.2 Å². The summed E-state index contributed by atoms with van der Waals surface area (Å²) in [6.07, 6.45) is 0. The Morgan fingerprint density at radius 2 is 0.829 bits per heavy atom. The maximum absolute atomic E-state index is 2.42. The van der Waals surface area contributed by atoms with Gasteiger partial charge in [-0.15, -0.1) is 0 Å². The third-order valence-corrected chi connectivity index (χ3v) is 9.33. The number of fused-ring (bicyclic) bond motifs is 9. The highest BCUT2D eigenvalue weighted by atomic mass is 15.1. The van der Waals surface area contributed by atoms with Crippen molar-refractivity contribution in [3.05, 3.63) is 185 Å². The largest absolute Gasteiger partial charge is 0.310 e. The first kappa shape index (κ1) is 24.0. The molecule has 1 heteroatoms. The molecule has 1 nitrogen and oxygen atoms in total. The van der Waals surface area contributed by atoms with Crippen molar-refractivity contribution < 1.29 is 0 Å². The predicted molar refractivity (Wildman–Crippen MR) is 171 cm³/mol. The Kier molecular flexibility index (Phi) is 5.15. The molecular weight excluding hydrogens is 494 g/mol. The van der Waals surface area contributed by atoms with E-state index in [1.807, 2.05) is 0 Å². The summed E-state index contributed by atoms with van der Waals surface area (Å²) in [5, 5.41) is 0. The molecule has 6 aromatic carbocycles. The van der Waals surface area contributed by atoms with Crippen LogP contribution in [0.5, 0.6) is 0 Å². The zero-order valence-electron chi connectivity index (χ0n) is 23.4. The van der Waals surface area contributed by atoms with Gasteiger partial charge in [0.05, 0.1) is 11.1 Å². The van der Waals surface area contributed by atoms with Crippen molar-refractivity contribution in [2.75, 3.05) is 4.90 Å². The first-order valence-corrected chi connectivity index (χ1v) is 14.5. The van der Waals surface area contributed by atoms with Crippen LogP contribution < -0.4 is 4.90 Å². The third kappa shape index (κ3) is 3.18. The summed E-state index contributed by atoms with van der Waals surface area (Å²) in [6.45, 7) is 4.75. The fourth-order valence-electron chi connectivity index (χ4n) is 7.66. The van der Waals surface area contributed by atoms with Crippen molar-refractivity contribution >= 4 is 17.1 Å². The molecule has 0 unspecified atom stereocenters. The lowest BCUT2D eigenvalue weighted by Gasteiger charge is -2.46. The Bertz CT molecular complexity index is 1830. The summed E-state index contributed by atoms with van der Waals surface area (Å²) in [5.41, 5.74) is 13.9. The molecule has 0 atom stereocenters. The fourth-order valence-corrected chi connectivity index (χ4v) is 7.66. The molecular formula is C40H31N. The lowest BCUT2D eigenvalue weighted by Crippen LogP contribution is -2.40. The molecule has 0 radical (unpaired) electrons. The van der Waals surface area contributed by atoms with E-state index in [4.69, 9.17) is 0 Å². The van der Waals surface area contributed by atoms with E-state index < -0.39 is 5.41 Å². The molecule has 8 rings (SSSR count). The van der Waals surface area contributed by atoms with Crippen LogP contribution >= 0.6 is 0 Å². The number of para-hydroxylation sites is 2. The molecule has 2 aliphatic rings. The Labute approximate surface area is 242 Å². The molecule has 2 aliphatic carbocycles. The molecule has 41 heavy (non-hydrogen) atoms. The number of anilines is 3. The molecule has 0 saturated heterocycles. The van der Waals surface area contributed by atoms with Crippen molar-refractivity contribution in [1.29, 1.82) is 0 Å². The van der Waals surface area contributed by atoms with Gasteiger partial charge in [0, 0.05) is 22.4 Å². The molecule has 0 aromatic heterocycles. The Morgan fingerprint density at radius 1 is 0.390 bits per heavy atom. The van der Waals surface area contributed by atoms with Crippen molar-refractivity contribution in [3.63, 3.8) is 0 Å². The van der Waals surface area contributed by atoms with Crippen molar-refractivity contribution in [2.24, 2.45) is 0 Å². The second-order valence-electron chi connectivity index (χ2n) is 11.7. The summed E-state index contributed by atoms with van der Waals surface area (Å²) < 4.78 is 0. The lowest BCUT2D eigenvalue weighted by molar-refractivity contribution is 0.563. The highest BCUT2D eigenvalue weighted by molar-refractivity contribution is 5.98. The van der Waals surface area contributed by atoms with Gasteiger partial charge in [-0.1, -0.05) is 135 Å². The van der Waals surface area contributed by atoms with Gasteiger partial charge in [-0.25, -0.2) is 0 Å². The van der Waals surface area contributed by atoms with Gasteiger partial charge in [0.15, 0.2) is 0 Å². The Hall–Kier alpha value is -4.88. The number of nitrogens with zero attached hydrogens (tertiary/aromatic N) is 1. The summed E-state index contributed by atoms with van der Waals surface area (Å²) in [4.78, 5) is 2.42. The Balaban J connectivity index is 1.52. The molecule has 196 valence electrons. The topological polar surface area (TPSA) is 3.24 Å². The van der Waals surface area contributed by atoms with Crippen LogP contribution in [0.2, 0.25) is 0 Å². The first-order valence-electron chi connectivity index (χ1n) is 14.5. The molecule has 0 heterocycles. The molecule has 6 aromatic rings. The summed E-state index contributed by atoms with van der Waals surface area (Å²) in [5.74, 6) is 0. The van der Waals surface area contributed by atoms with Crippen molar-refractivity contribution in [2.45, 2.75) is 24.7 Å². The van der Waals surface area contributed by atoms with Gasteiger partial charge in [-0.05, 0) is 69.3 Å². The summed E-state index contributed by atoms with van der Waals surface area (Å²) >= 11 is 0. The quantitative estimate of drug-likeness (QED) is 0.222. The van der Waals surface area contributed by atoms with Crippen molar-refractivity contribution in [3.8, 4) is 11.1 Å². The standard InChI is InChI=1S/C40H31N/c1-39(2)32-22-11-13-24-34(32)40(35-25-14-12-23-33(35)39)31-21-10-9-20-30(31)38-36(40)26-15-27-37(38)41(28-16-5-3-6-17-28)29-18-7-4-8-19-29/h3-27H,1-2H3. The zero-order chi connectivity index (χ0) is 27.6. The van der Waals surface area contributed by atoms with E-state index in [-0.39, 0.29) is 5.41 Å². The number of benzene rings is 6. The predicted octanol–water partition coefficient (Wildman–Crippen LogP) is 10.2. The number of hydrogen-bond donors (Lipinski definition) is 0. The maximum Gasteiger partial charge on any atom is 0.0720 e. The van der Waals surface area contributed by atoms with Gasteiger partial charge in [-0.2, -0.15) is 0 Å². The van der Waals surface area contributed by atoms with Crippen LogP contribution in [0.15, 0.2) is 152 Å². The Morgan fingerprint density at radius 3 is 1.39 bits per heavy atom. The van der Waals surface area contributed by atoms with Crippen LogP contribution in [0.3, 0.4) is 0 Å². The van der Waals surface area contributed by atoms with Gasteiger partial charge in [-0.3, -0.25) is 0 Å². The third-order valence-electron chi connectivity index (χ3n) is 9.33. The van der Waals surface area contributed by atoms with Crippen LogP contribution in [0.4, 0.5) is 17.1 Å². The second kappa shape index (κ2) is 8.81. The minimum Gasteiger partial charge on any atom is -0.310 e. The van der Waals surface area contributed by atoms with E-state index >= 15 is 0 Å². The van der Waals surface area contributed by atoms with E-state index in [0.717, 1.165) is 11.4 Å². The van der Waals surface area contributed by atoms with Gasteiger partial charge < -0.3 is 4.90 Å². The molecule has 1 spiro atoms. The van der Waals surface area contributed by atoms with Crippen LogP contribution in [0.25, 0.3) is 11.1 Å². The van der Waals surface area contributed by atoms with E-state index in [1.54, 1.807) is 0 Å².